The lowest BCUT2D eigenvalue weighted by molar-refractivity contribution is -0.384. The van der Waals surface area contributed by atoms with E-state index in [4.69, 9.17) is 16.0 Å². The average molecular weight is 268 g/mol. The molecule has 6 nitrogen and oxygen atoms in total. The zero-order valence-electron chi connectivity index (χ0n) is 9.46. The quantitative estimate of drug-likeness (QED) is 0.678. The van der Waals surface area contributed by atoms with E-state index in [0.717, 1.165) is 6.20 Å². The van der Waals surface area contributed by atoms with Gasteiger partial charge in [-0.1, -0.05) is 11.6 Å². The molecule has 0 radical (unpaired) electrons. The number of nitro groups is 1. The standard InChI is InChI=1S/C11H10ClN3O3/c1-7(10-3-2-4-18-10)14-11-8(12)5-13-6-9(11)15(16)17/h2-7H,1H3,(H,13,14). The van der Waals surface area contributed by atoms with Crippen molar-refractivity contribution in [2.75, 3.05) is 5.32 Å². The number of nitrogens with zero attached hydrogens (tertiary/aromatic N) is 2. The summed E-state index contributed by atoms with van der Waals surface area (Å²) >= 11 is 5.92. The van der Waals surface area contributed by atoms with Crippen LogP contribution in [0.25, 0.3) is 0 Å². The maximum Gasteiger partial charge on any atom is 0.311 e. The summed E-state index contributed by atoms with van der Waals surface area (Å²) in [7, 11) is 0. The Morgan fingerprint density at radius 2 is 2.33 bits per heavy atom. The fourth-order valence-corrected chi connectivity index (χ4v) is 1.74. The summed E-state index contributed by atoms with van der Waals surface area (Å²) in [6, 6.07) is 3.29. The topological polar surface area (TPSA) is 81.2 Å². The highest BCUT2D eigenvalue weighted by Gasteiger charge is 2.20. The summed E-state index contributed by atoms with van der Waals surface area (Å²) in [6.07, 6.45) is 4.05. The Morgan fingerprint density at radius 3 is 2.94 bits per heavy atom. The Bertz CT molecular complexity index is 557. The van der Waals surface area contributed by atoms with Crippen molar-refractivity contribution in [3.8, 4) is 0 Å². The van der Waals surface area contributed by atoms with Crippen LogP contribution in [0, 0.1) is 10.1 Å². The van der Waals surface area contributed by atoms with Gasteiger partial charge in [0.15, 0.2) is 0 Å². The first kappa shape index (κ1) is 12.4. The summed E-state index contributed by atoms with van der Waals surface area (Å²) in [4.78, 5) is 14.1. The number of halogens is 1. The van der Waals surface area contributed by atoms with Gasteiger partial charge in [-0.05, 0) is 19.1 Å². The Balaban J connectivity index is 2.31. The van der Waals surface area contributed by atoms with Gasteiger partial charge >= 0.3 is 5.69 Å². The molecule has 0 amide bonds. The van der Waals surface area contributed by atoms with Crippen molar-refractivity contribution in [1.29, 1.82) is 0 Å². The van der Waals surface area contributed by atoms with Crippen LogP contribution in [0.2, 0.25) is 5.02 Å². The summed E-state index contributed by atoms with van der Waals surface area (Å²) < 4.78 is 5.22. The first-order valence-corrected chi connectivity index (χ1v) is 5.55. The monoisotopic (exact) mass is 267 g/mol. The van der Waals surface area contributed by atoms with Gasteiger partial charge < -0.3 is 9.73 Å². The molecule has 2 rings (SSSR count). The number of pyridine rings is 1. The third kappa shape index (κ3) is 2.43. The van der Waals surface area contributed by atoms with Crippen LogP contribution in [0.4, 0.5) is 11.4 Å². The van der Waals surface area contributed by atoms with E-state index < -0.39 is 4.92 Å². The predicted octanol–water partition coefficient (Wildman–Crippen LogP) is 3.41. The Kier molecular flexibility index (Phi) is 3.47. The Labute approximate surface area is 108 Å². The van der Waals surface area contributed by atoms with Crippen LogP contribution in [0.3, 0.4) is 0 Å². The van der Waals surface area contributed by atoms with Crippen LogP contribution in [0.5, 0.6) is 0 Å². The summed E-state index contributed by atoms with van der Waals surface area (Å²) in [6.45, 7) is 1.82. The van der Waals surface area contributed by atoms with Crippen LogP contribution in [0.15, 0.2) is 35.2 Å². The van der Waals surface area contributed by atoms with Gasteiger partial charge in [0.05, 0.1) is 22.3 Å². The number of hydrogen-bond acceptors (Lipinski definition) is 5. The maximum absolute atomic E-state index is 10.9. The van der Waals surface area contributed by atoms with Gasteiger partial charge in [0.2, 0.25) is 0 Å². The lowest BCUT2D eigenvalue weighted by Gasteiger charge is -2.13. The van der Waals surface area contributed by atoms with Crippen LogP contribution >= 0.6 is 11.6 Å². The summed E-state index contributed by atoms with van der Waals surface area (Å²) in [5, 5.41) is 14.0. The van der Waals surface area contributed by atoms with Crippen molar-refractivity contribution < 1.29 is 9.34 Å². The largest absolute Gasteiger partial charge is 0.467 e. The molecule has 0 aromatic carbocycles. The molecule has 1 atom stereocenters. The van der Waals surface area contributed by atoms with Gasteiger partial charge in [0.1, 0.15) is 17.6 Å². The number of rotatable bonds is 4. The van der Waals surface area contributed by atoms with E-state index in [0.29, 0.717) is 5.76 Å². The van der Waals surface area contributed by atoms with Crippen LogP contribution in [-0.2, 0) is 0 Å². The molecule has 0 bridgehead atoms. The van der Waals surface area contributed by atoms with Gasteiger partial charge in [0, 0.05) is 6.20 Å². The molecule has 0 aliphatic heterocycles. The zero-order chi connectivity index (χ0) is 13.1. The highest BCUT2D eigenvalue weighted by molar-refractivity contribution is 6.33. The molecule has 0 fully saturated rings. The fourth-order valence-electron chi connectivity index (χ4n) is 1.53. The fraction of sp³-hybridized carbons (Fsp3) is 0.182. The van der Waals surface area contributed by atoms with E-state index in [1.165, 1.54) is 12.5 Å². The highest BCUT2D eigenvalue weighted by Crippen LogP contribution is 2.33. The van der Waals surface area contributed by atoms with Crippen molar-refractivity contribution in [2.45, 2.75) is 13.0 Å². The molecule has 0 saturated carbocycles. The SMILES string of the molecule is CC(Nc1c(Cl)cncc1[N+](=O)[O-])c1ccco1. The molecule has 94 valence electrons. The molecule has 1 N–H and O–H groups in total. The second kappa shape index (κ2) is 5.05. The number of nitrogens with one attached hydrogen (secondary N) is 1. The molecule has 2 aromatic heterocycles. The van der Waals surface area contributed by atoms with Crippen LogP contribution in [-0.4, -0.2) is 9.91 Å². The second-order valence-corrected chi connectivity index (χ2v) is 4.06. The van der Waals surface area contributed by atoms with Crippen molar-refractivity contribution in [2.24, 2.45) is 0 Å². The number of hydrogen-bond donors (Lipinski definition) is 1. The minimum atomic E-state index is -0.532. The summed E-state index contributed by atoms with van der Waals surface area (Å²) in [5.74, 6) is 0.664. The Morgan fingerprint density at radius 1 is 1.56 bits per heavy atom. The van der Waals surface area contributed by atoms with Crippen molar-refractivity contribution in [1.82, 2.24) is 4.98 Å². The lowest BCUT2D eigenvalue weighted by atomic mass is 10.2. The first-order chi connectivity index (χ1) is 8.59. The molecule has 2 aromatic rings. The van der Waals surface area contributed by atoms with E-state index in [2.05, 4.69) is 10.3 Å². The molecular weight excluding hydrogens is 258 g/mol. The van der Waals surface area contributed by atoms with E-state index in [-0.39, 0.29) is 22.4 Å². The molecule has 2 heterocycles. The van der Waals surface area contributed by atoms with E-state index in [1.807, 2.05) is 6.92 Å². The zero-order valence-corrected chi connectivity index (χ0v) is 10.2. The molecule has 0 aliphatic rings. The van der Waals surface area contributed by atoms with Gasteiger partial charge in [-0.15, -0.1) is 0 Å². The third-order valence-corrected chi connectivity index (χ3v) is 2.69. The minimum Gasteiger partial charge on any atom is -0.467 e. The number of furan rings is 1. The van der Waals surface area contributed by atoms with Gasteiger partial charge in [-0.3, -0.25) is 15.1 Å². The maximum atomic E-state index is 10.9. The second-order valence-electron chi connectivity index (χ2n) is 3.65. The molecule has 0 aliphatic carbocycles. The van der Waals surface area contributed by atoms with Crippen molar-refractivity contribution in [3.63, 3.8) is 0 Å². The highest BCUT2D eigenvalue weighted by atomic mass is 35.5. The lowest BCUT2D eigenvalue weighted by Crippen LogP contribution is -2.08. The number of anilines is 1. The van der Waals surface area contributed by atoms with Gasteiger partial charge in [0.25, 0.3) is 0 Å². The molecular formula is C11H10ClN3O3. The molecule has 0 saturated heterocycles. The van der Waals surface area contributed by atoms with E-state index in [9.17, 15) is 10.1 Å². The first-order valence-electron chi connectivity index (χ1n) is 5.17. The predicted molar refractivity (Wildman–Crippen MR) is 66.6 cm³/mol. The Hall–Kier alpha value is -2.08. The molecule has 1 unspecified atom stereocenters. The van der Waals surface area contributed by atoms with E-state index >= 15 is 0 Å². The smallest absolute Gasteiger partial charge is 0.311 e. The summed E-state index contributed by atoms with van der Waals surface area (Å²) in [5.41, 5.74) is 0.0708. The van der Waals surface area contributed by atoms with Crippen molar-refractivity contribution >= 4 is 23.0 Å². The third-order valence-electron chi connectivity index (χ3n) is 2.41. The normalized spacial score (nSPS) is 12.1. The van der Waals surface area contributed by atoms with Crippen molar-refractivity contribution in [3.05, 3.63) is 51.7 Å². The van der Waals surface area contributed by atoms with Crippen LogP contribution < -0.4 is 5.32 Å². The van der Waals surface area contributed by atoms with Gasteiger partial charge in [-0.25, -0.2) is 0 Å². The van der Waals surface area contributed by atoms with Crippen LogP contribution in [0.1, 0.15) is 18.7 Å². The van der Waals surface area contributed by atoms with E-state index in [1.54, 1.807) is 12.1 Å². The number of aromatic nitrogens is 1. The molecule has 7 heteroatoms. The average Bonchev–Trinajstić information content (AvgIpc) is 2.85. The van der Waals surface area contributed by atoms with Gasteiger partial charge in [-0.2, -0.15) is 0 Å². The molecule has 18 heavy (non-hydrogen) atoms. The minimum absolute atomic E-state index is 0.166. The molecule has 0 spiro atoms.